The molecule has 0 saturated carbocycles. The van der Waals surface area contributed by atoms with Gasteiger partial charge in [0.2, 0.25) is 0 Å². The Kier molecular flexibility index (Phi) is 6.14. The van der Waals surface area contributed by atoms with Gasteiger partial charge in [0.05, 0.1) is 0 Å². The van der Waals surface area contributed by atoms with E-state index in [4.69, 9.17) is 4.74 Å². The first-order chi connectivity index (χ1) is 9.28. The monoisotopic (exact) mass is 326 g/mol. The van der Waals surface area contributed by atoms with Crippen LogP contribution in [0.3, 0.4) is 0 Å². The van der Waals surface area contributed by atoms with Gasteiger partial charge in [-0.2, -0.15) is 0 Å². The van der Waals surface area contributed by atoms with Crippen LogP contribution in [0.15, 0.2) is 28.7 Å². The zero-order valence-corrected chi connectivity index (χ0v) is 13.2. The summed E-state index contributed by atoms with van der Waals surface area (Å²) < 4.78 is 6.88. The summed E-state index contributed by atoms with van der Waals surface area (Å²) in [6.45, 7) is 7.47. The highest BCUT2D eigenvalue weighted by Crippen LogP contribution is 2.16. The summed E-state index contributed by atoms with van der Waals surface area (Å²) in [7, 11) is 0. The maximum absolute atomic E-state index is 5.79. The third-order valence-corrected chi connectivity index (χ3v) is 4.07. The minimum Gasteiger partial charge on any atom is -0.492 e. The highest BCUT2D eigenvalue weighted by molar-refractivity contribution is 9.10. The van der Waals surface area contributed by atoms with E-state index in [0.29, 0.717) is 6.04 Å². The molecule has 1 unspecified atom stereocenters. The molecule has 0 aliphatic carbocycles. The van der Waals surface area contributed by atoms with Crippen molar-refractivity contribution in [2.24, 2.45) is 0 Å². The quantitative estimate of drug-likeness (QED) is 0.900. The van der Waals surface area contributed by atoms with Crippen molar-refractivity contribution in [3.8, 4) is 5.75 Å². The number of halogens is 1. The van der Waals surface area contributed by atoms with Gasteiger partial charge in [0, 0.05) is 23.6 Å². The second-order valence-electron chi connectivity index (χ2n) is 5.02. The number of benzene rings is 1. The summed E-state index contributed by atoms with van der Waals surface area (Å²) in [4.78, 5) is 2.51. The van der Waals surface area contributed by atoms with Gasteiger partial charge >= 0.3 is 0 Å². The van der Waals surface area contributed by atoms with Crippen LogP contribution in [-0.2, 0) is 0 Å². The van der Waals surface area contributed by atoms with Crippen LogP contribution in [-0.4, -0.2) is 43.7 Å². The van der Waals surface area contributed by atoms with E-state index >= 15 is 0 Å². The lowest BCUT2D eigenvalue weighted by Gasteiger charge is -2.23. The summed E-state index contributed by atoms with van der Waals surface area (Å²) in [6.07, 6.45) is 2.43. The van der Waals surface area contributed by atoms with Crippen LogP contribution in [0, 0.1) is 0 Å². The molecule has 0 aromatic heterocycles. The van der Waals surface area contributed by atoms with Crippen LogP contribution in [0.5, 0.6) is 5.75 Å². The molecule has 0 amide bonds. The van der Waals surface area contributed by atoms with E-state index in [1.54, 1.807) is 0 Å². The summed E-state index contributed by atoms with van der Waals surface area (Å²) in [5.74, 6) is 0.947. The van der Waals surface area contributed by atoms with Gasteiger partial charge in [-0.25, -0.2) is 0 Å². The number of nitrogens with one attached hydrogen (secondary N) is 1. The molecule has 1 aliphatic rings. The second kappa shape index (κ2) is 7.88. The topological polar surface area (TPSA) is 24.5 Å². The first-order valence-electron chi connectivity index (χ1n) is 7.12. The van der Waals surface area contributed by atoms with Crippen molar-refractivity contribution in [1.82, 2.24) is 10.2 Å². The molecule has 19 heavy (non-hydrogen) atoms. The molecule has 1 saturated heterocycles. The van der Waals surface area contributed by atoms with Gasteiger partial charge in [0.1, 0.15) is 12.4 Å². The van der Waals surface area contributed by atoms with E-state index in [-0.39, 0.29) is 0 Å². The third kappa shape index (κ3) is 5.13. The molecular formula is C15H23BrN2O. The fourth-order valence-electron chi connectivity index (χ4n) is 2.38. The number of rotatable bonds is 5. The zero-order valence-electron chi connectivity index (χ0n) is 11.6. The van der Waals surface area contributed by atoms with Crippen LogP contribution in [0.4, 0.5) is 0 Å². The highest BCUT2D eigenvalue weighted by Gasteiger charge is 2.15. The molecule has 2 rings (SSSR count). The Labute approximate surface area is 124 Å². The smallest absolute Gasteiger partial charge is 0.119 e. The van der Waals surface area contributed by atoms with Gasteiger partial charge in [-0.05, 0) is 50.2 Å². The Bertz CT molecular complexity index is 369. The molecule has 106 valence electrons. The number of hydrogen-bond donors (Lipinski definition) is 1. The van der Waals surface area contributed by atoms with E-state index in [1.165, 1.54) is 19.4 Å². The first-order valence-corrected chi connectivity index (χ1v) is 7.91. The maximum Gasteiger partial charge on any atom is 0.119 e. The molecule has 1 atom stereocenters. The predicted octanol–water partition coefficient (Wildman–Crippen LogP) is 2.90. The molecule has 0 bridgehead atoms. The molecule has 0 spiro atoms. The van der Waals surface area contributed by atoms with Gasteiger partial charge in [-0.1, -0.05) is 22.9 Å². The Balaban J connectivity index is 1.73. The lowest BCUT2D eigenvalue weighted by atomic mass is 10.2. The van der Waals surface area contributed by atoms with Gasteiger partial charge in [0.25, 0.3) is 0 Å². The Morgan fingerprint density at radius 1 is 1.37 bits per heavy atom. The molecule has 1 heterocycles. The van der Waals surface area contributed by atoms with Crippen LogP contribution >= 0.6 is 15.9 Å². The average Bonchev–Trinajstić information content (AvgIpc) is 2.66. The van der Waals surface area contributed by atoms with Crippen LogP contribution in [0.25, 0.3) is 0 Å². The lowest BCUT2D eigenvalue weighted by Crippen LogP contribution is -2.38. The highest BCUT2D eigenvalue weighted by atomic mass is 79.9. The van der Waals surface area contributed by atoms with Crippen molar-refractivity contribution in [2.45, 2.75) is 25.8 Å². The van der Waals surface area contributed by atoms with Crippen LogP contribution in [0.1, 0.15) is 19.8 Å². The van der Waals surface area contributed by atoms with Crippen LogP contribution < -0.4 is 10.1 Å². The molecule has 1 N–H and O–H groups in total. The molecule has 1 aliphatic heterocycles. The maximum atomic E-state index is 5.79. The van der Waals surface area contributed by atoms with Crippen molar-refractivity contribution in [3.63, 3.8) is 0 Å². The first kappa shape index (κ1) is 14.8. The molecular weight excluding hydrogens is 304 g/mol. The van der Waals surface area contributed by atoms with E-state index in [2.05, 4.69) is 33.1 Å². The summed E-state index contributed by atoms with van der Waals surface area (Å²) in [5.41, 5.74) is 0. The van der Waals surface area contributed by atoms with E-state index < -0.39 is 0 Å². The van der Waals surface area contributed by atoms with Gasteiger partial charge in [-0.3, -0.25) is 4.90 Å². The molecule has 1 aromatic rings. The summed E-state index contributed by atoms with van der Waals surface area (Å²) >= 11 is 3.43. The van der Waals surface area contributed by atoms with Crippen molar-refractivity contribution >= 4 is 15.9 Å². The number of ether oxygens (including phenoxy) is 1. The van der Waals surface area contributed by atoms with Crippen molar-refractivity contribution in [2.75, 3.05) is 32.8 Å². The minimum atomic E-state index is 0.634. The van der Waals surface area contributed by atoms with E-state index in [0.717, 1.165) is 36.5 Å². The Hall–Kier alpha value is -0.580. The lowest BCUT2D eigenvalue weighted by molar-refractivity contribution is 0.205. The molecule has 0 radical (unpaired) electrons. The van der Waals surface area contributed by atoms with Crippen molar-refractivity contribution in [3.05, 3.63) is 28.7 Å². The minimum absolute atomic E-state index is 0.634. The Morgan fingerprint density at radius 2 is 2.16 bits per heavy atom. The fraction of sp³-hybridized carbons (Fsp3) is 0.600. The van der Waals surface area contributed by atoms with Crippen LogP contribution in [0.2, 0.25) is 0 Å². The van der Waals surface area contributed by atoms with Gasteiger partial charge in [-0.15, -0.1) is 0 Å². The third-order valence-electron chi connectivity index (χ3n) is 3.55. The van der Waals surface area contributed by atoms with Gasteiger partial charge in [0.15, 0.2) is 0 Å². The Morgan fingerprint density at radius 3 is 2.89 bits per heavy atom. The molecule has 1 aromatic carbocycles. The molecule has 3 nitrogen and oxygen atoms in total. The average molecular weight is 327 g/mol. The van der Waals surface area contributed by atoms with Gasteiger partial charge < -0.3 is 10.1 Å². The summed E-state index contributed by atoms with van der Waals surface area (Å²) in [5, 5.41) is 3.59. The van der Waals surface area contributed by atoms with Crippen molar-refractivity contribution < 1.29 is 4.74 Å². The zero-order chi connectivity index (χ0) is 13.5. The fourth-order valence-corrected chi connectivity index (χ4v) is 2.64. The summed E-state index contributed by atoms with van der Waals surface area (Å²) in [6, 6.07) is 8.66. The van der Waals surface area contributed by atoms with E-state index in [1.807, 2.05) is 24.3 Å². The number of nitrogens with zero attached hydrogens (tertiary/aromatic N) is 1. The normalized spacial score (nSPS) is 21.1. The SMILES string of the molecule is CCC1CN(CCOc2ccc(Br)cc2)CCCN1. The largest absolute Gasteiger partial charge is 0.492 e. The number of hydrogen-bond acceptors (Lipinski definition) is 3. The van der Waals surface area contributed by atoms with Crippen molar-refractivity contribution in [1.29, 1.82) is 0 Å². The standard InChI is InChI=1S/C15H23BrN2O/c1-2-14-12-18(9-3-8-17-14)10-11-19-15-6-4-13(16)5-7-15/h4-7,14,17H,2-3,8-12H2,1H3. The van der Waals surface area contributed by atoms with E-state index in [9.17, 15) is 0 Å². The molecule has 4 heteroatoms. The second-order valence-corrected chi connectivity index (χ2v) is 5.93. The molecule has 1 fully saturated rings. The predicted molar refractivity (Wildman–Crippen MR) is 82.8 cm³/mol.